The molecule has 3 rings (SSSR count). The standard InChI is InChI=1S/C15H10F2N2OS2/c1-8-13(22-15(18-8)9-4-5-21-7-9)14(20)19-10-2-3-11(16)12(17)6-10/h2-7H,1H3,(H,19,20). The summed E-state index contributed by atoms with van der Waals surface area (Å²) in [5.41, 5.74) is 1.77. The van der Waals surface area contributed by atoms with Crippen molar-refractivity contribution < 1.29 is 13.6 Å². The third-order valence-electron chi connectivity index (χ3n) is 2.95. The second-order valence-corrected chi connectivity index (χ2v) is 6.31. The zero-order valence-corrected chi connectivity index (χ0v) is 13.0. The normalized spacial score (nSPS) is 10.7. The quantitative estimate of drug-likeness (QED) is 0.752. The fraction of sp³-hybridized carbons (Fsp3) is 0.0667. The molecule has 0 unspecified atom stereocenters. The van der Waals surface area contributed by atoms with Gasteiger partial charge in [0.1, 0.15) is 9.88 Å². The number of hydrogen-bond donors (Lipinski definition) is 1. The Morgan fingerprint density at radius 1 is 1.23 bits per heavy atom. The monoisotopic (exact) mass is 336 g/mol. The second-order valence-electron chi connectivity index (χ2n) is 4.53. The predicted molar refractivity (Wildman–Crippen MR) is 84.5 cm³/mol. The molecule has 0 saturated heterocycles. The van der Waals surface area contributed by atoms with Crippen LogP contribution in [-0.4, -0.2) is 10.9 Å². The van der Waals surface area contributed by atoms with Crippen LogP contribution in [0, 0.1) is 18.6 Å². The van der Waals surface area contributed by atoms with Crippen LogP contribution in [0.3, 0.4) is 0 Å². The Bertz CT molecular complexity index is 828. The lowest BCUT2D eigenvalue weighted by Gasteiger charge is -2.04. The van der Waals surface area contributed by atoms with Crippen molar-refractivity contribution in [2.75, 3.05) is 5.32 Å². The summed E-state index contributed by atoms with van der Waals surface area (Å²) in [5.74, 6) is -2.34. The molecule has 0 radical (unpaired) electrons. The molecule has 0 spiro atoms. The lowest BCUT2D eigenvalue weighted by atomic mass is 10.3. The van der Waals surface area contributed by atoms with Gasteiger partial charge >= 0.3 is 0 Å². The van der Waals surface area contributed by atoms with Gasteiger partial charge in [0.05, 0.1) is 5.69 Å². The van der Waals surface area contributed by atoms with Gasteiger partial charge in [0.15, 0.2) is 11.6 Å². The molecule has 7 heteroatoms. The SMILES string of the molecule is Cc1nc(-c2ccsc2)sc1C(=O)Nc1ccc(F)c(F)c1. The van der Waals surface area contributed by atoms with Crippen molar-refractivity contribution in [3.05, 3.63) is 57.2 Å². The Morgan fingerprint density at radius 3 is 2.73 bits per heavy atom. The van der Waals surface area contributed by atoms with Crippen LogP contribution in [0.15, 0.2) is 35.0 Å². The van der Waals surface area contributed by atoms with Crippen LogP contribution >= 0.6 is 22.7 Å². The van der Waals surface area contributed by atoms with Crippen molar-refractivity contribution >= 4 is 34.3 Å². The molecule has 0 bridgehead atoms. The minimum absolute atomic E-state index is 0.203. The van der Waals surface area contributed by atoms with Gasteiger partial charge in [-0.05, 0) is 30.5 Å². The second kappa shape index (κ2) is 5.94. The largest absolute Gasteiger partial charge is 0.321 e. The zero-order valence-electron chi connectivity index (χ0n) is 11.4. The molecular formula is C15H10F2N2OS2. The third kappa shape index (κ3) is 2.90. The molecule has 3 aromatic rings. The topological polar surface area (TPSA) is 42.0 Å². The first kappa shape index (κ1) is 14.8. The number of halogens is 2. The van der Waals surface area contributed by atoms with Crippen molar-refractivity contribution in [3.63, 3.8) is 0 Å². The molecule has 2 heterocycles. The average molecular weight is 336 g/mol. The summed E-state index contributed by atoms with van der Waals surface area (Å²) in [4.78, 5) is 17.1. The van der Waals surface area contributed by atoms with Crippen molar-refractivity contribution in [2.24, 2.45) is 0 Å². The fourth-order valence-corrected chi connectivity index (χ4v) is 3.55. The fourth-order valence-electron chi connectivity index (χ4n) is 1.88. The first-order valence-electron chi connectivity index (χ1n) is 6.31. The van der Waals surface area contributed by atoms with Gasteiger partial charge in [0.2, 0.25) is 0 Å². The molecule has 0 aliphatic rings. The molecule has 112 valence electrons. The maximum absolute atomic E-state index is 13.2. The summed E-state index contributed by atoms with van der Waals surface area (Å²) in [5, 5.41) is 7.20. The van der Waals surface area contributed by atoms with Crippen LogP contribution in [0.1, 0.15) is 15.4 Å². The molecule has 0 fully saturated rings. The highest BCUT2D eigenvalue weighted by molar-refractivity contribution is 7.17. The van der Waals surface area contributed by atoms with E-state index in [4.69, 9.17) is 0 Å². The van der Waals surface area contributed by atoms with E-state index in [2.05, 4.69) is 10.3 Å². The van der Waals surface area contributed by atoms with E-state index in [1.807, 2.05) is 16.8 Å². The smallest absolute Gasteiger partial charge is 0.267 e. The highest BCUT2D eigenvalue weighted by Crippen LogP contribution is 2.30. The Balaban J connectivity index is 1.84. The maximum atomic E-state index is 13.2. The van der Waals surface area contributed by atoms with E-state index in [0.29, 0.717) is 10.6 Å². The first-order chi connectivity index (χ1) is 10.5. The van der Waals surface area contributed by atoms with E-state index in [1.165, 1.54) is 17.4 Å². The molecule has 0 aliphatic carbocycles. The van der Waals surface area contributed by atoms with Crippen LogP contribution in [0.5, 0.6) is 0 Å². The van der Waals surface area contributed by atoms with Gasteiger partial charge in [-0.3, -0.25) is 4.79 Å². The van der Waals surface area contributed by atoms with E-state index in [-0.39, 0.29) is 11.6 Å². The molecule has 0 saturated carbocycles. The summed E-state index contributed by atoms with van der Waals surface area (Å²) in [6.45, 7) is 1.74. The van der Waals surface area contributed by atoms with Gasteiger partial charge in [-0.1, -0.05) is 0 Å². The predicted octanol–water partition coefficient (Wildman–Crippen LogP) is 4.71. The lowest BCUT2D eigenvalue weighted by Crippen LogP contribution is -2.11. The summed E-state index contributed by atoms with van der Waals surface area (Å²) < 4.78 is 26.1. The number of anilines is 1. The minimum atomic E-state index is -1.00. The van der Waals surface area contributed by atoms with E-state index in [0.717, 1.165) is 22.7 Å². The summed E-state index contributed by atoms with van der Waals surface area (Å²) in [6.07, 6.45) is 0. The Morgan fingerprint density at radius 2 is 2.05 bits per heavy atom. The van der Waals surface area contributed by atoms with E-state index in [1.54, 1.807) is 18.3 Å². The molecule has 1 amide bonds. The molecule has 0 aliphatic heterocycles. The number of thiophene rings is 1. The Labute approximate surface area is 133 Å². The lowest BCUT2D eigenvalue weighted by molar-refractivity contribution is 0.103. The molecule has 1 N–H and O–H groups in total. The van der Waals surface area contributed by atoms with Gasteiger partial charge in [-0.15, -0.1) is 11.3 Å². The zero-order chi connectivity index (χ0) is 15.7. The average Bonchev–Trinajstić information content (AvgIpc) is 3.12. The van der Waals surface area contributed by atoms with E-state index < -0.39 is 11.6 Å². The van der Waals surface area contributed by atoms with Gasteiger partial charge in [-0.2, -0.15) is 11.3 Å². The van der Waals surface area contributed by atoms with Crippen molar-refractivity contribution in [1.29, 1.82) is 0 Å². The van der Waals surface area contributed by atoms with Gasteiger partial charge in [0, 0.05) is 22.7 Å². The number of carbonyl (C=O) groups is 1. The molecule has 2 aromatic heterocycles. The van der Waals surface area contributed by atoms with Gasteiger partial charge in [-0.25, -0.2) is 13.8 Å². The number of aryl methyl sites for hydroxylation is 1. The number of benzene rings is 1. The number of nitrogens with zero attached hydrogens (tertiary/aromatic N) is 1. The number of nitrogens with one attached hydrogen (secondary N) is 1. The summed E-state index contributed by atoms with van der Waals surface area (Å²) in [7, 11) is 0. The first-order valence-corrected chi connectivity index (χ1v) is 8.07. The molecular weight excluding hydrogens is 326 g/mol. The number of thiazole rings is 1. The Hall–Kier alpha value is -2.12. The number of aromatic nitrogens is 1. The molecule has 0 atom stereocenters. The van der Waals surface area contributed by atoms with E-state index >= 15 is 0 Å². The van der Waals surface area contributed by atoms with Crippen LogP contribution in [-0.2, 0) is 0 Å². The van der Waals surface area contributed by atoms with Crippen LogP contribution in [0.4, 0.5) is 14.5 Å². The van der Waals surface area contributed by atoms with Crippen molar-refractivity contribution in [2.45, 2.75) is 6.92 Å². The van der Waals surface area contributed by atoms with Crippen LogP contribution in [0.2, 0.25) is 0 Å². The number of hydrogen-bond acceptors (Lipinski definition) is 4. The van der Waals surface area contributed by atoms with Gasteiger partial charge < -0.3 is 5.32 Å². The minimum Gasteiger partial charge on any atom is -0.321 e. The van der Waals surface area contributed by atoms with Crippen LogP contribution in [0.25, 0.3) is 10.6 Å². The highest BCUT2D eigenvalue weighted by atomic mass is 32.1. The third-order valence-corrected chi connectivity index (χ3v) is 4.84. The molecule has 3 nitrogen and oxygen atoms in total. The van der Waals surface area contributed by atoms with Crippen LogP contribution < -0.4 is 5.32 Å². The maximum Gasteiger partial charge on any atom is 0.267 e. The molecule has 1 aromatic carbocycles. The highest BCUT2D eigenvalue weighted by Gasteiger charge is 2.17. The molecule has 22 heavy (non-hydrogen) atoms. The summed E-state index contributed by atoms with van der Waals surface area (Å²) in [6, 6.07) is 5.16. The summed E-state index contributed by atoms with van der Waals surface area (Å²) >= 11 is 2.82. The Kier molecular flexibility index (Phi) is 4.00. The number of amides is 1. The van der Waals surface area contributed by atoms with Crippen molar-refractivity contribution in [1.82, 2.24) is 4.98 Å². The van der Waals surface area contributed by atoms with Gasteiger partial charge in [0.25, 0.3) is 5.91 Å². The number of carbonyl (C=O) groups excluding carboxylic acids is 1. The van der Waals surface area contributed by atoms with E-state index in [9.17, 15) is 13.6 Å². The number of rotatable bonds is 3. The van der Waals surface area contributed by atoms with Crippen molar-refractivity contribution in [3.8, 4) is 10.6 Å².